The molecule has 1 aromatic heterocycles. The van der Waals surface area contributed by atoms with Crippen LogP contribution in [0.4, 0.5) is 10.5 Å². The summed E-state index contributed by atoms with van der Waals surface area (Å²) in [6.07, 6.45) is 3.37. The summed E-state index contributed by atoms with van der Waals surface area (Å²) in [5.41, 5.74) is 2.30. The number of aryl methyl sites for hydroxylation is 1. The van der Waals surface area contributed by atoms with Crippen molar-refractivity contribution < 1.29 is 17.9 Å². The maximum Gasteiger partial charge on any atom is 0.417 e. The minimum absolute atomic E-state index is 0.113. The van der Waals surface area contributed by atoms with Gasteiger partial charge in [-0.2, -0.15) is 5.10 Å². The second-order valence-corrected chi connectivity index (χ2v) is 7.79. The predicted octanol–water partition coefficient (Wildman–Crippen LogP) is 3.20. The van der Waals surface area contributed by atoms with Gasteiger partial charge in [0, 0.05) is 11.9 Å². The van der Waals surface area contributed by atoms with Crippen molar-refractivity contribution in [3.05, 3.63) is 66.5 Å². The SMILES string of the molecule is Cc1ccc(-n2cc(OC(=O)Nc3cccc(S(C)(=O)=O)c3)cn2)cc1. The zero-order valence-electron chi connectivity index (χ0n) is 14.2. The van der Waals surface area contributed by atoms with Crippen LogP contribution in [-0.2, 0) is 9.84 Å². The Morgan fingerprint density at radius 1 is 1.15 bits per heavy atom. The van der Waals surface area contributed by atoms with E-state index in [9.17, 15) is 13.2 Å². The Balaban J connectivity index is 1.68. The predicted molar refractivity (Wildman–Crippen MR) is 97.5 cm³/mol. The number of ether oxygens (including phenoxy) is 1. The summed E-state index contributed by atoms with van der Waals surface area (Å²) >= 11 is 0. The summed E-state index contributed by atoms with van der Waals surface area (Å²) < 4.78 is 29.9. The Hall–Kier alpha value is -3.13. The van der Waals surface area contributed by atoms with Crippen molar-refractivity contribution in [2.24, 2.45) is 0 Å². The van der Waals surface area contributed by atoms with Gasteiger partial charge in [-0.1, -0.05) is 23.8 Å². The van der Waals surface area contributed by atoms with Crippen molar-refractivity contribution in [1.29, 1.82) is 0 Å². The molecule has 7 nitrogen and oxygen atoms in total. The molecule has 0 spiro atoms. The fraction of sp³-hybridized carbons (Fsp3) is 0.111. The molecule has 134 valence electrons. The normalized spacial score (nSPS) is 11.2. The van der Waals surface area contributed by atoms with Crippen LogP contribution in [0.1, 0.15) is 5.56 Å². The van der Waals surface area contributed by atoms with Crippen LogP contribution in [0.25, 0.3) is 5.69 Å². The van der Waals surface area contributed by atoms with Gasteiger partial charge >= 0.3 is 6.09 Å². The van der Waals surface area contributed by atoms with Gasteiger partial charge in [-0.3, -0.25) is 5.32 Å². The van der Waals surface area contributed by atoms with Gasteiger partial charge in [0.2, 0.25) is 0 Å². The lowest BCUT2D eigenvalue weighted by molar-refractivity contribution is 0.215. The molecule has 26 heavy (non-hydrogen) atoms. The quantitative estimate of drug-likeness (QED) is 0.761. The molecule has 0 saturated heterocycles. The molecule has 0 aliphatic rings. The van der Waals surface area contributed by atoms with Crippen LogP contribution in [0.3, 0.4) is 0 Å². The molecule has 0 radical (unpaired) electrons. The molecule has 0 fully saturated rings. The van der Waals surface area contributed by atoms with Crippen molar-refractivity contribution in [3.8, 4) is 11.4 Å². The van der Waals surface area contributed by atoms with Gasteiger partial charge < -0.3 is 4.74 Å². The number of rotatable bonds is 4. The van der Waals surface area contributed by atoms with Crippen molar-refractivity contribution in [2.75, 3.05) is 11.6 Å². The molecule has 1 heterocycles. The first kappa shape index (κ1) is 17.7. The standard InChI is InChI=1S/C18H17N3O4S/c1-13-6-8-15(9-7-13)21-12-16(11-19-21)25-18(22)20-14-4-3-5-17(10-14)26(2,23)24/h3-12H,1-2H3,(H,20,22). The highest BCUT2D eigenvalue weighted by atomic mass is 32.2. The number of carbonyl (C=O) groups excluding carboxylic acids is 1. The van der Waals surface area contributed by atoms with Gasteiger partial charge in [0.05, 0.1) is 23.0 Å². The zero-order valence-corrected chi connectivity index (χ0v) is 15.0. The molecule has 0 unspecified atom stereocenters. The van der Waals surface area contributed by atoms with Crippen molar-refractivity contribution >= 4 is 21.6 Å². The topological polar surface area (TPSA) is 90.3 Å². The first-order chi connectivity index (χ1) is 12.3. The fourth-order valence-corrected chi connectivity index (χ4v) is 2.92. The monoisotopic (exact) mass is 371 g/mol. The third-order valence-electron chi connectivity index (χ3n) is 3.58. The van der Waals surface area contributed by atoms with E-state index < -0.39 is 15.9 Å². The van der Waals surface area contributed by atoms with E-state index in [0.717, 1.165) is 17.5 Å². The minimum atomic E-state index is -3.36. The number of carbonyl (C=O) groups is 1. The average molecular weight is 371 g/mol. The second kappa shape index (κ2) is 7.01. The van der Waals surface area contributed by atoms with Crippen molar-refractivity contribution in [3.63, 3.8) is 0 Å². The van der Waals surface area contributed by atoms with Gasteiger partial charge in [-0.05, 0) is 37.3 Å². The molecular weight excluding hydrogens is 354 g/mol. The average Bonchev–Trinajstić information content (AvgIpc) is 3.03. The number of benzene rings is 2. The van der Waals surface area contributed by atoms with Crippen LogP contribution in [0.2, 0.25) is 0 Å². The Morgan fingerprint density at radius 2 is 1.88 bits per heavy atom. The third kappa shape index (κ3) is 4.28. The fourth-order valence-electron chi connectivity index (χ4n) is 2.25. The highest BCUT2D eigenvalue weighted by molar-refractivity contribution is 7.90. The number of hydrogen-bond acceptors (Lipinski definition) is 5. The van der Waals surface area contributed by atoms with Crippen LogP contribution in [0, 0.1) is 6.92 Å². The van der Waals surface area contributed by atoms with E-state index in [4.69, 9.17) is 4.74 Å². The van der Waals surface area contributed by atoms with Gasteiger partial charge in [-0.25, -0.2) is 17.9 Å². The molecule has 1 N–H and O–H groups in total. The van der Waals surface area contributed by atoms with Crippen molar-refractivity contribution in [2.45, 2.75) is 11.8 Å². The zero-order chi connectivity index (χ0) is 18.7. The van der Waals surface area contributed by atoms with Gasteiger partial charge in [0.1, 0.15) is 0 Å². The lowest BCUT2D eigenvalue weighted by atomic mass is 10.2. The molecule has 3 rings (SSSR count). The Bertz CT molecular complexity index is 1040. The number of amides is 1. The number of nitrogens with one attached hydrogen (secondary N) is 1. The largest absolute Gasteiger partial charge is 0.417 e. The number of nitrogens with zero attached hydrogens (tertiary/aromatic N) is 2. The number of sulfone groups is 1. The smallest absolute Gasteiger partial charge is 0.407 e. The Kier molecular flexibility index (Phi) is 4.77. The van der Waals surface area contributed by atoms with Gasteiger partial charge in [0.25, 0.3) is 0 Å². The van der Waals surface area contributed by atoms with E-state index in [1.165, 1.54) is 18.3 Å². The molecule has 0 aliphatic carbocycles. The van der Waals surface area contributed by atoms with E-state index in [2.05, 4.69) is 10.4 Å². The maximum absolute atomic E-state index is 12.0. The summed E-state index contributed by atoms with van der Waals surface area (Å²) in [4.78, 5) is 12.1. The molecule has 0 bridgehead atoms. The summed E-state index contributed by atoms with van der Waals surface area (Å²) in [6, 6.07) is 13.7. The number of anilines is 1. The van der Waals surface area contributed by atoms with Gasteiger partial charge in [-0.15, -0.1) is 0 Å². The molecular formula is C18H17N3O4S. The van der Waals surface area contributed by atoms with E-state index >= 15 is 0 Å². The van der Waals surface area contributed by atoms with Gasteiger partial charge in [0.15, 0.2) is 15.6 Å². The molecule has 8 heteroatoms. The van der Waals surface area contributed by atoms with E-state index in [1.54, 1.807) is 23.0 Å². The Labute approximate surface area is 151 Å². The summed E-state index contributed by atoms with van der Waals surface area (Å²) in [6.45, 7) is 1.99. The van der Waals surface area contributed by atoms with E-state index in [0.29, 0.717) is 5.69 Å². The number of aromatic nitrogens is 2. The third-order valence-corrected chi connectivity index (χ3v) is 4.69. The molecule has 2 aromatic carbocycles. The molecule has 3 aromatic rings. The van der Waals surface area contributed by atoms with E-state index in [-0.39, 0.29) is 10.6 Å². The summed E-state index contributed by atoms with van der Waals surface area (Å²) in [7, 11) is -3.36. The van der Waals surface area contributed by atoms with Crippen LogP contribution >= 0.6 is 0 Å². The highest BCUT2D eigenvalue weighted by Gasteiger charge is 2.11. The lowest BCUT2D eigenvalue weighted by Crippen LogP contribution is -2.16. The number of hydrogen-bond donors (Lipinski definition) is 1. The summed E-state index contributed by atoms with van der Waals surface area (Å²) in [5, 5.41) is 6.65. The molecule has 1 amide bonds. The lowest BCUT2D eigenvalue weighted by Gasteiger charge is -2.06. The Morgan fingerprint density at radius 3 is 2.58 bits per heavy atom. The van der Waals surface area contributed by atoms with Crippen LogP contribution in [0.5, 0.6) is 5.75 Å². The maximum atomic E-state index is 12.0. The van der Waals surface area contributed by atoms with Crippen LogP contribution in [-0.4, -0.2) is 30.5 Å². The minimum Gasteiger partial charge on any atom is -0.407 e. The first-order valence-corrected chi connectivity index (χ1v) is 9.61. The second-order valence-electron chi connectivity index (χ2n) is 5.77. The van der Waals surface area contributed by atoms with Crippen molar-refractivity contribution in [1.82, 2.24) is 9.78 Å². The van der Waals surface area contributed by atoms with Crippen LogP contribution in [0.15, 0.2) is 65.8 Å². The molecule has 0 aliphatic heterocycles. The summed E-state index contributed by atoms with van der Waals surface area (Å²) in [5.74, 6) is 0.266. The molecule has 0 saturated carbocycles. The van der Waals surface area contributed by atoms with Crippen LogP contribution < -0.4 is 10.1 Å². The highest BCUT2D eigenvalue weighted by Crippen LogP contribution is 2.17. The first-order valence-electron chi connectivity index (χ1n) is 7.72. The van der Waals surface area contributed by atoms with E-state index in [1.807, 2.05) is 31.2 Å². The molecule has 0 atom stereocenters.